The van der Waals surface area contributed by atoms with Gasteiger partial charge in [0.15, 0.2) is 5.82 Å². The van der Waals surface area contributed by atoms with Crippen LogP contribution in [0.15, 0.2) is 36.2 Å². The Hall–Kier alpha value is -4.60. The number of anilines is 1. The van der Waals surface area contributed by atoms with Gasteiger partial charge in [-0.15, -0.1) is 6.42 Å². The minimum atomic E-state index is -0.845. The van der Waals surface area contributed by atoms with E-state index in [1.54, 1.807) is 0 Å². The summed E-state index contributed by atoms with van der Waals surface area (Å²) in [6, 6.07) is 5.76. The van der Waals surface area contributed by atoms with Crippen LogP contribution in [-0.4, -0.2) is 83.5 Å². The maximum Gasteiger partial charge on any atom is 0.319 e. The standard InChI is InChI=1S/C36H37F3N6O3/c1-5-25-27(38)10-7-20-13-24(46)14-26(28(20)25)31-30(39)32-29(34(41-31)47-4)33(45-16-22-8-9-23(17-45)40-22)43-35(42-32)48-19-36(3)18-44(6-2)12-11-21(36)15-37/h1,7,10,13-15,22-23,40,46H,6,8-9,11-12,16-19H2,2-4H3/b21-15+/t22-,23+,36-/m0/s1. The molecule has 48 heavy (non-hydrogen) atoms. The summed E-state index contributed by atoms with van der Waals surface area (Å²) >= 11 is 0. The Bertz CT molecular complexity index is 1990. The molecule has 2 aromatic heterocycles. The highest BCUT2D eigenvalue weighted by molar-refractivity contribution is 6.04. The third-order valence-corrected chi connectivity index (χ3v) is 10.0. The number of aromatic nitrogens is 3. The first-order valence-corrected chi connectivity index (χ1v) is 16.2. The van der Waals surface area contributed by atoms with Crippen LogP contribution in [0.3, 0.4) is 0 Å². The highest BCUT2D eigenvalue weighted by atomic mass is 19.1. The fourth-order valence-corrected chi connectivity index (χ4v) is 7.52. The van der Waals surface area contributed by atoms with Crippen molar-refractivity contribution in [2.75, 3.05) is 51.3 Å². The van der Waals surface area contributed by atoms with Crippen LogP contribution >= 0.6 is 0 Å². The quantitative estimate of drug-likeness (QED) is 0.242. The molecule has 250 valence electrons. The van der Waals surface area contributed by atoms with Gasteiger partial charge in [-0.2, -0.15) is 9.97 Å². The van der Waals surface area contributed by atoms with E-state index in [0.29, 0.717) is 49.2 Å². The van der Waals surface area contributed by atoms with Crippen molar-refractivity contribution < 1.29 is 27.8 Å². The SMILES string of the molecule is C#Cc1c(F)ccc2cc(O)cc(-c3nc(OC)c4c(N5C[C@H]6CC[C@@H](C5)N6)nc(OC[C@]5(C)CN(CC)CC/C5=C\F)nc4c3F)c12. The maximum absolute atomic E-state index is 17.1. The first-order chi connectivity index (χ1) is 23.2. The van der Waals surface area contributed by atoms with Gasteiger partial charge in [-0.3, -0.25) is 0 Å². The lowest BCUT2D eigenvalue weighted by molar-refractivity contribution is 0.0977. The van der Waals surface area contributed by atoms with Gasteiger partial charge in [0.1, 0.15) is 40.6 Å². The number of ether oxygens (including phenoxy) is 2. The zero-order valence-electron chi connectivity index (χ0n) is 27.1. The molecule has 12 heteroatoms. The van der Waals surface area contributed by atoms with Gasteiger partial charge >= 0.3 is 6.01 Å². The number of fused-ring (bicyclic) bond motifs is 4. The molecule has 3 aliphatic rings. The van der Waals surface area contributed by atoms with Gasteiger partial charge in [0.2, 0.25) is 5.88 Å². The fourth-order valence-electron chi connectivity index (χ4n) is 7.52. The summed E-state index contributed by atoms with van der Waals surface area (Å²) in [6.45, 7) is 7.45. The molecule has 3 saturated heterocycles. The summed E-state index contributed by atoms with van der Waals surface area (Å²) in [6.07, 6.45) is 8.95. The van der Waals surface area contributed by atoms with Crippen LogP contribution in [-0.2, 0) is 0 Å². The number of likely N-dealkylation sites (tertiary alicyclic amines) is 1. The molecule has 2 aromatic carbocycles. The number of phenolic OH excluding ortho intramolecular Hbond substituents is 1. The molecule has 0 saturated carbocycles. The van der Waals surface area contributed by atoms with Crippen LogP contribution in [0.5, 0.6) is 17.6 Å². The lowest BCUT2D eigenvalue weighted by atomic mass is 9.78. The Morgan fingerprint density at radius 2 is 1.92 bits per heavy atom. The monoisotopic (exact) mass is 658 g/mol. The number of nitrogens with zero attached hydrogens (tertiary/aromatic N) is 5. The second-order valence-electron chi connectivity index (χ2n) is 13.1. The van der Waals surface area contributed by atoms with Gasteiger partial charge in [0, 0.05) is 54.6 Å². The average Bonchev–Trinajstić information content (AvgIpc) is 3.43. The molecule has 0 radical (unpaired) electrons. The van der Waals surface area contributed by atoms with Gasteiger partial charge < -0.3 is 29.7 Å². The highest BCUT2D eigenvalue weighted by Gasteiger charge is 2.38. The Labute approximate surface area is 276 Å². The first-order valence-electron chi connectivity index (χ1n) is 16.2. The number of halogens is 3. The fraction of sp³-hybridized carbons (Fsp3) is 0.417. The lowest BCUT2D eigenvalue weighted by Gasteiger charge is -2.41. The van der Waals surface area contributed by atoms with Gasteiger partial charge in [-0.25, -0.2) is 18.2 Å². The number of phenols is 1. The molecule has 3 atom stereocenters. The second kappa shape index (κ2) is 12.5. The topological polar surface area (TPSA) is 95.9 Å². The molecule has 0 spiro atoms. The number of pyridine rings is 1. The molecule has 3 aliphatic heterocycles. The van der Waals surface area contributed by atoms with Crippen molar-refractivity contribution in [3.05, 3.63) is 53.4 Å². The summed E-state index contributed by atoms with van der Waals surface area (Å²) in [7, 11) is 1.42. The third-order valence-electron chi connectivity index (χ3n) is 10.0. The van der Waals surface area contributed by atoms with Crippen LogP contribution < -0.4 is 19.7 Å². The average molecular weight is 659 g/mol. The van der Waals surface area contributed by atoms with Crippen LogP contribution in [0.4, 0.5) is 19.0 Å². The molecular formula is C36H37F3N6O3. The van der Waals surface area contributed by atoms with E-state index in [1.165, 1.54) is 31.4 Å². The van der Waals surface area contributed by atoms with Crippen molar-refractivity contribution in [2.45, 2.75) is 45.2 Å². The lowest BCUT2D eigenvalue weighted by Crippen LogP contribution is -2.51. The number of aromatic hydroxyl groups is 1. The number of rotatable bonds is 7. The van der Waals surface area contributed by atoms with E-state index in [2.05, 4.69) is 37.9 Å². The second-order valence-corrected chi connectivity index (χ2v) is 13.1. The van der Waals surface area contributed by atoms with E-state index in [-0.39, 0.29) is 69.4 Å². The predicted molar refractivity (Wildman–Crippen MR) is 178 cm³/mol. The molecule has 4 aromatic rings. The van der Waals surface area contributed by atoms with E-state index < -0.39 is 17.0 Å². The smallest absolute Gasteiger partial charge is 0.319 e. The zero-order valence-corrected chi connectivity index (χ0v) is 27.1. The Kier molecular flexibility index (Phi) is 8.29. The van der Waals surface area contributed by atoms with Gasteiger partial charge in [-0.05, 0) is 55.0 Å². The summed E-state index contributed by atoms with van der Waals surface area (Å²) in [4.78, 5) is 18.3. The van der Waals surface area contributed by atoms with Gasteiger partial charge in [0.05, 0.1) is 19.0 Å². The molecular weight excluding hydrogens is 621 g/mol. The van der Waals surface area contributed by atoms with Crippen LogP contribution in [0.25, 0.3) is 32.9 Å². The molecule has 0 unspecified atom stereocenters. The summed E-state index contributed by atoms with van der Waals surface area (Å²) < 4.78 is 58.1. The number of terminal acetylenes is 1. The number of nitrogens with one attached hydrogen (secondary N) is 1. The van der Waals surface area contributed by atoms with Gasteiger partial charge in [-0.1, -0.05) is 25.8 Å². The number of hydrogen-bond acceptors (Lipinski definition) is 9. The minimum Gasteiger partial charge on any atom is -0.508 e. The first kappa shape index (κ1) is 32.0. The number of methoxy groups -OCH3 is 1. The van der Waals surface area contributed by atoms with Crippen LogP contribution in [0.1, 0.15) is 38.7 Å². The number of piperidine rings is 1. The molecule has 3 fully saturated rings. The van der Waals surface area contributed by atoms with E-state index >= 15 is 4.39 Å². The molecule has 7 rings (SSSR count). The number of piperazine rings is 1. The Morgan fingerprint density at radius 3 is 2.60 bits per heavy atom. The highest BCUT2D eigenvalue weighted by Crippen LogP contribution is 2.43. The summed E-state index contributed by atoms with van der Waals surface area (Å²) in [5.74, 6) is 1.12. The van der Waals surface area contributed by atoms with E-state index in [9.17, 15) is 13.9 Å². The summed E-state index contributed by atoms with van der Waals surface area (Å²) in [5, 5.41) is 15.1. The summed E-state index contributed by atoms with van der Waals surface area (Å²) in [5.41, 5.74) is -0.401. The predicted octanol–water partition coefficient (Wildman–Crippen LogP) is 5.72. The van der Waals surface area contributed by atoms with E-state index in [0.717, 1.165) is 25.9 Å². The molecule has 2 bridgehead atoms. The van der Waals surface area contributed by atoms with Crippen molar-refractivity contribution in [1.29, 1.82) is 0 Å². The van der Waals surface area contributed by atoms with Crippen molar-refractivity contribution in [1.82, 2.24) is 25.2 Å². The van der Waals surface area contributed by atoms with Crippen molar-refractivity contribution in [3.8, 4) is 41.2 Å². The molecule has 9 nitrogen and oxygen atoms in total. The number of benzene rings is 2. The third kappa shape index (κ3) is 5.44. The van der Waals surface area contributed by atoms with Crippen molar-refractivity contribution in [3.63, 3.8) is 0 Å². The van der Waals surface area contributed by atoms with E-state index in [4.69, 9.17) is 20.9 Å². The Balaban J connectivity index is 1.42. The maximum atomic E-state index is 17.1. The molecule has 5 heterocycles. The molecule has 2 N–H and O–H groups in total. The van der Waals surface area contributed by atoms with Crippen molar-refractivity contribution in [2.24, 2.45) is 5.41 Å². The molecule has 0 aliphatic carbocycles. The zero-order chi connectivity index (χ0) is 33.7. The van der Waals surface area contributed by atoms with Crippen molar-refractivity contribution >= 4 is 27.5 Å². The van der Waals surface area contributed by atoms with E-state index in [1.807, 2.05) is 6.92 Å². The Morgan fingerprint density at radius 1 is 1.15 bits per heavy atom. The minimum absolute atomic E-state index is 0.0458. The normalized spacial score (nSPS) is 23.6. The van der Waals surface area contributed by atoms with Gasteiger partial charge in [0.25, 0.3) is 0 Å². The molecule has 0 amide bonds. The van der Waals surface area contributed by atoms with Crippen LogP contribution in [0.2, 0.25) is 0 Å². The number of hydrogen-bond donors (Lipinski definition) is 2. The van der Waals surface area contributed by atoms with Crippen LogP contribution in [0, 0.1) is 29.4 Å². The largest absolute Gasteiger partial charge is 0.508 e.